The van der Waals surface area contributed by atoms with Gasteiger partial charge in [0.05, 0.1) is 31.0 Å². The van der Waals surface area contributed by atoms with Crippen LogP contribution in [0, 0.1) is 0 Å². The lowest BCUT2D eigenvalue weighted by molar-refractivity contribution is 0.184. The lowest BCUT2D eigenvalue weighted by atomic mass is 10.2. The predicted molar refractivity (Wildman–Crippen MR) is 156 cm³/mol. The standard InChI is InChI=1S/C30H33ClN6O3/c1-3-40-27-11-7-6-10-25(27)33-30(38)36(23-8-4-5-9-23)18-19-37-29(22-12-13-26(39-2)24(31)20-22)34-28(35-37)21-14-16-32-17-15-21/h6-7,10-17,20,23H,3-5,8-9,18-19H2,1-2H3,(H,33,38). The monoisotopic (exact) mass is 560 g/mol. The smallest absolute Gasteiger partial charge is 0.322 e. The van der Waals surface area contributed by atoms with Crippen molar-refractivity contribution >= 4 is 23.3 Å². The first-order valence-electron chi connectivity index (χ1n) is 13.6. The van der Waals surface area contributed by atoms with E-state index >= 15 is 0 Å². The average Bonchev–Trinajstić information content (AvgIpc) is 3.66. The topological polar surface area (TPSA) is 94.4 Å². The van der Waals surface area contributed by atoms with Crippen molar-refractivity contribution in [3.63, 3.8) is 0 Å². The maximum Gasteiger partial charge on any atom is 0.322 e. The van der Waals surface area contributed by atoms with Crippen LogP contribution >= 0.6 is 11.6 Å². The Bertz CT molecular complexity index is 1440. The number of pyridine rings is 1. The molecule has 1 saturated carbocycles. The Labute approximate surface area is 239 Å². The van der Waals surface area contributed by atoms with E-state index < -0.39 is 0 Å². The highest BCUT2D eigenvalue weighted by atomic mass is 35.5. The minimum Gasteiger partial charge on any atom is -0.495 e. The van der Waals surface area contributed by atoms with Gasteiger partial charge in [-0.05, 0) is 62.2 Å². The highest BCUT2D eigenvalue weighted by Crippen LogP contribution is 2.31. The van der Waals surface area contributed by atoms with Crippen LogP contribution in [0.3, 0.4) is 0 Å². The molecular formula is C30H33ClN6O3. The van der Waals surface area contributed by atoms with Crippen molar-refractivity contribution in [1.29, 1.82) is 0 Å². The number of methoxy groups -OCH3 is 1. The molecule has 5 rings (SSSR count). The van der Waals surface area contributed by atoms with Crippen LogP contribution < -0.4 is 14.8 Å². The second kappa shape index (κ2) is 12.8. The number of para-hydroxylation sites is 2. The SMILES string of the molecule is CCOc1ccccc1NC(=O)N(CCn1nc(-c2ccncc2)nc1-c1ccc(OC)c(Cl)c1)C1CCCC1. The first kappa shape index (κ1) is 27.5. The van der Waals surface area contributed by atoms with Gasteiger partial charge >= 0.3 is 6.03 Å². The molecule has 2 aromatic carbocycles. The van der Waals surface area contributed by atoms with E-state index in [2.05, 4.69) is 10.3 Å². The molecule has 2 heterocycles. The molecule has 0 spiro atoms. The van der Waals surface area contributed by atoms with Gasteiger partial charge in [-0.2, -0.15) is 5.10 Å². The van der Waals surface area contributed by atoms with Crippen LogP contribution in [0.5, 0.6) is 11.5 Å². The van der Waals surface area contributed by atoms with Crippen LogP contribution in [0.15, 0.2) is 67.0 Å². The molecule has 1 aliphatic rings. The molecule has 0 unspecified atom stereocenters. The van der Waals surface area contributed by atoms with Gasteiger partial charge in [-0.25, -0.2) is 14.5 Å². The fourth-order valence-electron chi connectivity index (χ4n) is 5.05. The average molecular weight is 561 g/mol. The van der Waals surface area contributed by atoms with E-state index in [1.165, 1.54) is 0 Å². The van der Waals surface area contributed by atoms with Crippen LogP contribution in [0.4, 0.5) is 10.5 Å². The van der Waals surface area contributed by atoms with Crippen LogP contribution in [0.1, 0.15) is 32.6 Å². The number of urea groups is 1. The molecule has 9 nitrogen and oxygen atoms in total. The molecule has 1 aliphatic carbocycles. The summed E-state index contributed by atoms with van der Waals surface area (Å²) in [5.74, 6) is 2.47. The predicted octanol–water partition coefficient (Wildman–Crippen LogP) is 6.54. The molecule has 208 valence electrons. The number of nitrogens with one attached hydrogen (secondary N) is 1. The Morgan fingerprint density at radius 1 is 1.07 bits per heavy atom. The second-order valence-electron chi connectivity index (χ2n) is 9.56. The Hall–Kier alpha value is -4.11. The van der Waals surface area contributed by atoms with Gasteiger partial charge in [0.15, 0.2) is 11.6 Å². The summed E-state index contributed by atoms with van der Waals surface area (Å²) in [4.78, 5) is 24.5. The second-order valence-corrected chi connectivity index (χ2v) is 9.97. The summed E-state index contributed by atoms with van der Waals surface area (Å²) >= 11 is 6.46. The first-order valence-corrected chi connectivity index (χ1v) is 13.9. The summed E-state index contributed by atoms with van der Waals surface area (Å²) < 4.78 is 12.9. The number of carbonyl (C=O) groups excluding carboxylic acids is 1. The zero-order valence-corrected chi connectivity index (χ0v) is 23.5. The number of rotatable bonds is 10. The highest BCUT2D eigenvalue weighted by Gasteiger charge is 2.28. The molecule has 4 aromatic rings. The van der Waals surface area contributed by atoms with Gasteiger partial charge in [-0.1, -0.05) is 36.6 Å². The number of anilines is 1. The fraction of sp³-hybridized carbons (Fsp3) is 0.333. The van der Waals surface area contributed by atoms with E-state index in [1.54, 1.807) is 19.5 Å². The number of aromatic nitrogens is 4. The molecule has 10 heteroatoms. The fourth-order valence-corrected chi connectivity index (χ4v) is 5.30. The van der Waals surface area contributed by atoms with E-state index in [-0.39, 0.29) is 12.1 Å². The van der Waals surface area contributed by atoms with Gasteiger partial charge in [0.1, 0.15) is 11.5 Å². The van der Waals surface area contributed by atoms with E-state index in [1.807, 2.05) is 71.1 Å². The number of benzene rings is 2. The molecular weight excluding hydrogens is 528 g/mol. The third kappa shape index (κ3) is 6.20. The number of ether oxygens (including phenoxy) is 2. The third-order valence-corrected chi connectivity index (χ3v) is 7.32. The van der Waals surface area contributed by atoms with Gasteiger partial charge in [0.2, 0.25) is 0 Å². The molecule has 1 fully saturated rings. The quantitative estimate of drug-likeness (QED) is 0.236. The van der Waals surface area contributed by atoms with E-state index in [0.29, 0.717) is 53.6 Å². The van der Waals surface area contributed by atoms with Crippen LogP contribution in [0.25, 0.3) is 22.8 Å². The third-order valence-electron chi connectivity index (χ3n) is 7.03. The Morgan fingerprint density at radius 3 is 2.58 bits per heavy atom. The lowest BCUT2D eigenvalue weighted by Crippen LogP contribution is -2.43. The van der Waals surface area contributed by atoms with Crippen molar-refractivity contribution < 1.29 is 14.3 Å². The summed E-state index contributed by atoms with van der Waals surface area (Å²) in [6.07, 6.45) is 7.59. The van der Waals surface area contributed by atoms with Crippen LogP contribution in [-0.4, -0.2) is 57.0 Å². The number of amides is 2. The summed E-state index contributed by atoms with van der Waals surface area (Å²) in [6.45, 7) is 3.36. The molecule has 40 heavy (non-hydrogen) atoms. The lowest BCUT2D eigenvalue weighted by Gasteiger charge is -2.29. The number of nitrogens with zero attached hydrogens (tertiary/aromatic N) is 5. The Morgan fingerprint density at radius 2 is 1.85 bits per heavy atom. The molecule has 0 bridgehead atoms. The molecule has 2 amide bonds. The molecule has 1 N–H and O–H groups in total. The zero-order valence-electron chi connectivity index (χ0n) is 22.7. The molecule has 0 atom stereocenters. The van der Waals surface area contributed by atoms with Crippen molar-refractivity contribution in [1.82, 2.24) is 24.6 Å². The molecule has 0 radical (unpaired) electrons. The molecule has 0 saturated heterocycles. The van der Waals surface area contributed by atoms with Crippen molar-refractivity contribution in [3.8, 4) is 34.3 Å². The summed E-state index contributed by atoms with van der Waals surface area (Å²) in [5, 5.41) is 8.41. The van der Waals surface area contributed by atoms with E-state index in [4.69, 9.17) is 31.2 Å². The largest absolute Gasteiger partial charge is 0.495 e. The number of carbonyl (C=O) groups is 1. The van der Waals surface area contributed by atoms with E-state index in [0.717, 1.165) is 36.8 Å². The Balaban J connectivity index is 1.43. The number of hydrogen-bond acceptors (Lipinski definition) is 6. The van der Waals surface area contributed by atoms with Gasteiger partial charge in [0.25, 0.3) is 0 Å². The summed E-state index contributed by atoms with van der Waals surface area (Å²) in [7, 11) is 1.58. The van der Waals surface area contributed by atoms with E-state index in [9.17, 15) is 4.79 Å². The van der Waals surface area contributed by atoms with Gasteiger partial charge in [-0.3, -0.25) is 4.98 Å². The van der Waals surface area contributed by atoms with Crippen molar-refractivity contribution in [2.75, 3.05) is 25.6 Å². The number of hydrogen-bond donors (Lipinski definition) is 1. The van der Waals surface area contributed by atoms with Gasteiger partial charge in [0, 0.05) is 36.1 Å². The molecule has 0 aliphatic heterocycles. The Kier molecular flexibility index (Phi) is 8.81. The van der Waals surface area contributed by atoms with Gasteiger partial charge in [-0.15, -0.1) is 0 Å². The molecule has 2 aromatic heterocycles. The zero-order chi connectivity index (χ0) is 27.9. The highest BCUT2D eigenvalue weighted by molar-refractivity contribution is 6.32. The number of halogens is 1. The van der Waals surface area contributed by atoms with Crippen molar-refractivity contribution in [2.45, 2.75) is 45.2 Å². The van der Waals surface area contributed by atoms with Gasteiger partial charge < -0.3 is 19.7 Å². The maximum atomic E-state index is 13.6. The minimum atomic E-state index is -0.150. The summed E-state index contributed by atoms with van der Waals surface area (Å²) in [6, 6.07) is 16.8. The van der Waals surface area contributed by atoms with Crippen LogP contribution in [0.2, 0.25) is 5.02 Å². The minimum absolute atomic E-state index is 0.150. The van der Waals surface area contributed by atoms with Crippen molar-refractivity contribution in [2.24, 2.45) is 0 Å². The maximum absolute atomic E-state index is 13.6. The summed E-state index contributed by atoms with van der Waals surface area (Å²) in [5.41, 5.74) is 2.32. The normalized spacial score (nSPS) is 13.3. The van der Waals surface area contributed by atoms with Crippen molar-refractivity contribution in [3.05, 3.63) is 72.0 Å². The first-order chi connectivity index (χ1) is 19.6. The van der Waals surface area contributed by atoms with Crippen LogP contribution in [-0.2, 0) is 6.54 Å².